The molecule has 2 heterocycles. The number of nitrogens with one attached hydrogen (secondary N) is 1. The molecule has 8 nitrogen and oxygen atoms in total. The molecule has 0 bridgehead atoms. The van der Waals surface area contributed by atoms with Crippen LogP contribution in [0.3, 0.4) is 0 Å². The summed E-state index contributed by atoms with van der Waals surface area (Å²) in [5.74, 6) is -0.168. The number of benzene rings is 2. The molecule has 0 unspecified atom stereocenters. The van der Waals surface area contributed by atoms with Gasteiger partial charge in [0.1, 0.15) is 17.1 Å². The molecule has 0 atom stereocenters. The summed E-state index contributed by atoms with van der Waals surface area (Å²) in [5, 5.41) is 5.05. The maximum atomic E-state index is 13.2. The SMILES string of the molecule is CCOc1ccc(-c2csc3ncn(CC(=O)Nc4cccc(C(=O)OC)c4)c(=O)c23)cc1. The van der Waals surface area contributed by atoms with Crippen molar-refractivity contribution in [3.8, 4) is 16.9 Å². The van der Waals surface area contributed by atoms with Crippen LogP contribution in [0, 0.1) is 0 Å². The zero-order valence-electron chi connectivity index (χ0n) is 18.0. The number of ether oxygens (including phenoxy) is 2. The fourth-order valence-corrected chi connectivity index (χ4v) is 4.29. The first-order valence-corrected chi connectivity index (χ1v) is 11.1. The van der Waals surface area contributed by atoms with Gasteiger partial charge < -0.3 is 14.8 Å². The topological polar surface area (TPSA) is 99.5 Å². The molecule has 9 heteroatoms. The number of nitrogens with zero attached hydrogens (tertiary/aromatic N) is 2. The fraction of sp³-hybridized carbons (Fsp3) is 0.167. The van der Waals surface area contributed by atoms with Crippen LogP contribution in [0.15, 0.2) is 65.0 Å². The van der Waals surface area contributed by atoms with Crippen molar-refractivity contribution in [2.24, 2.45) is 0 Å². The van der Waals surface area contributed by atoms with Gasteiger partial charge in [-0.15, -0.1) is 11.3 Å². The van der Waals surface area contributed by atoms with Crippen molar-refractivity contribution in [3.05, 3.63) is 76.2 Å². The predicted molar refractivity (Wildman–Crippen MR) is 127 cm³/mol. The average molecular weight is 464 g/mol. The summed E-state index contributed by atoms with van der Waals surface area (Å²) in [7, 11) is 1.29. The lowest BCUT2D eigenvalue weighted by atomic mass is 10.1. The Labute approximate surface area is 193 Å². The Bertz CT molecular complexity index is 1380. The first-order chi connectivity index (χ1) is 16.0. The Kier molecular flexibility index (Phi) is 6.50. The van der Waals surface area contributed by atoms with Gasteiger partial charge in [0.2, 0.25) is 5.91 Å². The van der Waals surface area contributed by atoms with Gasteiger partial charge in [0, 0.05) is 16.6 Å². The summed E-state index contributed by atoms with van der Waals surface area (Å²) in [4.78, 5) is 42.4. The normalized spacial score (nSPS) is 10.7. The van der Waals surface area contributed by atoms with Crippen LogP contribution in [0.5, 0.6) is 5.75 Å². The van der Waals surface area contributed by atoms with Crippen LogP contribution in [0.25, 0.3) is 21.3 Å². The van der Waals surface area contributed by atoms with Gasteiger partial charge in [0.25, 0.3) is 5.56 Å². The highest BCUT2D eigenvalue weighted by Gasteiger charge is 2.15. The van der Waals surface area contributed by atoms with Gasteiger partial charge in [-0.25, -0.2) is 9.78 Å². The van der Waals surface area contributed by atoms with Gasteiger partial charge in [-0.2, -0.15) is 0 Å². The van der Waals surface area contributed by atoms with E-state index in [1.54, 1.807) is 18.2 Å². The number of esters is 1. The molecule has 0 radical (unpaired) electrons. The molecule has 4 rings (SSSR count). The lowest BCUT2D eigenvalue weighted by Gasteiger charge is -2.09. The van der Waals surface area contributed by atoms with Crippen molar-refractivity contribution in [2.75, 3.05) is 19.0 Å². The summed E-state index contributed by atoms with van der Waals surface area (Å²) >= 11 is 1.37. The molecule has 1 N–H and O–H groups in total. The monoisotopic (exact) mass is 463 g/mol. The Balaban J connectivity index is 1.58. The highest BCUT2D eigenvalue weighted by atomic mass is 32.1. The minimum absolute atomic E-state index is 0.219. The first kappa shape index (κ1) is 22.2. The smallest absolute Gasteiger partial charge is 0.337 e. The molecule has 1 amide bonds. The van der Waals surface area contributed by atoms with Gasteiger partial charge in [-0.05, 0) is 42.8 Å². The Morgan fingerprint density at radius 3 is 2.67 bits per heavy atom. The van der Waals surface area contributed by atoms with Crippen molar-refractivity contribution >= 4 is 39.1 Å². The third-order valence-corrected chi connectivity index (χ3v) is 5.80. The number of anilines is 1. The van der Waals surface area contributed by atoms with Crippen molar-refractivity contribution in [1.29, 1.82) is 0 Å². The summed E-state index contributed by atoms with van der Waals surface area (Å²) in [5.41, 5.74) is 2.06. The summed E-state index contributed by atoms with van der Waals surface area (Å²) in [6.07, 6.45) is 1.37. The zero-order chi connectivity index (χ0) is 23.4. The lowest BCUT2D eigenvalue weighted by Crippen LogP contribution is -2.27. The second kappa shape index (κ2) is 9.66. The summed E-state index contributed by atoms with van der Waals surface area (Å²) in [6, 6.07) is 13.9. The van der Waals surface area contributed by atoms with E-state index in [1.807, 2.05) is 36.6 Å². The van der Waals surface area contributed by atoms with Crippen molar-refractivity contribution in [2.45, 2.75) is 13.5 Å². The van der Waals surface area contributed by atoms with Crippen LogP contribution in [0.2, 0.25) is 0 Å². The number of rotatable bonds is 7. The second-order valence-electron chi connectivity index (χ2n) is 7.09. The zero-order valence-corrected chi connectivity index (χ0v) is 18.8. The standard InChI is InChI=1S/C24H21N3O5S/c1-3-32-18-9-7-15(8-10-18)19-13-33-22-21(19)23(29)27(14-25-22)12-20(28)26-17-6-4-5-16(11-17)24(30)31-2/h4-11,13-14H,3,12H2,1-2H3,(H,26,28). The van der Waals surface area contributed by atoms with E-state index in [0.29, 0.717) is 28.1 Å². The molecule has 2 aromatic carbocycles. The van der Waals surface area contributed by atoms with Crippen LogP contribution in [0.1, 0.15) is 17.3 Å². The van der Waals surface area contributed by atoms with Gasteiger partial charge >= 0.3 is 5.97 Å². The highest BCUT2D eigenvalue weighted by molar-refractivity contribution is 7.17. The molecule has 0 saturated heterocycles. The number of aromatic nitrogens is 2. The van der Waals surface area contributed by atoms with E-state index >= 15 is 0 Å². The van der Waals surface area contributed by atoms with E-state index in [0.717, 1.165) is 16.9 Å². The van der Waals surface area contributed by atoms with E-state index in [4.69, 9.17) is 9.47 Å². The van der Waals surface area contributed by atoms with Crippen LogP contribution in [-0.2, 0) is 16.1 Å². The molecule has 4 aromatic rings. The van der Waals surface area contributed by atoms with Crippen LogP contribution >= 0.6 is 11.3 Å². The maximum absolute atomic E-state index is 13.2. The van der Waals surface area contributed by atoms with Crippen molar-refractivity contribution < 1.29 is 19.1 Å². The van der Waals surface area contributed by atoms with Crippen molar-refractivity contribution in [1.82, 2.24) is 9.55 Å². The van der Waals surface area contributed by atoms with Gasteiger partial charge in [0.05, 0.1) is 31.0 Å². The quantitative estimate of drug-likeness (QED) is 0.417. The second-order valence-corrected chi connectivity index (χ2v) is 7.94. The molecule has 0 aliphatic carbocycles. The minimum atomic E-state index is -0.503. The Hall–Kier alpha value is -3.98. The van der Waals surface area contributed by atoms with E-state index < -0.39 is 11.9 Å². The van der Waals surface area contributed by atoms with Crippen LogP contribution in [0.4, 0.5) is 5.69 Å². The molecular formula is C24H21N3O5S. The van der Waals surface area contributed by atoms with E-state index in [-0.39, 0.29) is 12.1 Å². The molecule has 0 aliphatic rings. The van der Waals surface area contributed by atoms with Crippen molar-refractivity contribution in [3.63, 3.8) is 0 Å². The van der Waals surface area contributed by atoms with E-state index in [2.05, 4.69) is 10.3 Å². The largest absolute Gasteiger partial charge is 0.494 e. The van der Waals surface area contributed by atoms with Gasteiger partial charge in [0.15, 0.2) is 0 Å². The third-order valence-electron chi connectivity index (χ3n) is 4.92. The molecule has 0 fully saturated rings. The number of hydrogen-bond acceptors (Lipinski definition) is 7. The number of amides is 1. The molecule has 33 heavy (non-hydrogen) atoms. The Morgan fingerprint density at radius 2 is 1.94 bits per heavy atom. The minimum Gasteiger partial charge on any atom is -0.494 e. The number of carbonyl (C=O) groups excluding carboxylic acids is 2. The molecule has 168 valence electrons. The van der Waals surface area contributed by atoms with E-state index in [9.17, 15) is 14.4 Å². The molecule has 0 saturated carbocycles. The first-order valence-electron chi connectivity index (χ1n) is 10.2. The number of thiophene rings is 1. The molecule has 2 aromatic heterocycles. The molecule has 0 aliphatic heterocycles. The van der Waals surface area contributed by atoms with E-state index in [1.165, 1.54) is 35.4 Å². The summed E-state index contributed by atoms with van der Waals surface area (Å²) < 4.78 is 11.4. The number of fused-ring (bicyclic) bond motifs is 1. The highest BCUT2D eigenvalue weighted by Crippen LogP contribution is 2.31. The molecular weight excluding hydrogens is 442 g/mol. The van der Waals surface area contributed by atoms with Crippen LogP contribution < -0.4 is 15.6 Å². The van der Waals surface area contributed by atoms with Gasteiger partial charge in [-0.3, -0.25) is 14.2 Å². The number of methoxy groups -OCH3 is 1. The predicted octanol–water partition coefficient (Wildman–Crippen LogP) is 3.95. The fourth-order valence-electron chi connectivity index (χ4n) is 3.39. The lowest BCUT2D eigenvalue weighted by molar-refractivity contribution is -0.116. The average Bonchev–Trinajstić information content (AvgIpc) is 3.26. The molecule has 0 spiro atoms. The Morgan fingerprint density at radius 1 is 1.15 bits per heavy atom. The third kappa shape index (κ3) is 4.78. The maximum Gasteiger partial charge on any atom is 0.337 e. The summed E-state index contributed by atoms with van der Waals surface area (Å²) in [6.45, 7) is 2.27. The van der Waals surface area contributed by atoms with Gasteiger partial charge in [-0.1, -0.05) is 18.2 Å². The number of hydrogen-bond donors (Lipinski definition) is 1. The van der Waals surface area contributed by atoms with Crippen LogP contribution in [-0.4, -0.2) is 35.1 Å². The number of carbonyl (C=O) groups is 2.